The van der Waals surface area contributed by atoms with Crippen LogP contribution in [0, 0.1) is 5.92 Å². The first-order valence-corrected chi connectivity index (χ1v) is 20.8. The molecule has 4 aromatic rings. The van der Waals surface area contributed by atoms with E-state index in [1.54, 1.807) is 7.11 Å². The Bertz CT molecular complexity index is 1640. The van der Waals surface area contributed by atoms with Crippen molar-refractivity contribution in [2.45, 2.75) is 88.4 Å². The first-order valence-electron chi connectivity index (χ1n) is 17.8. The van der Waals surface area contributed by atoms with Crippen LogP contribution in [0.25, 0.3) is 0 Å². The van der Waals surface area contributed by atoms with Gasteiger partial charge in [0.05, 0.1) is 51.7 Å². The van der Waals surface area contributed by atoms with Gasteiger partial charge in [0.2, 0.25) is 5.91 Å². The summed E-state index contributed by atoms with van der Waals surface area (Å²) in [4.78, 5) is 12.5. The molecule has 3 aromatic carbocycles. The lowest BCUT2D eigenvalue weighted by atomic mass is 9.95. The summed E-state index contributed by atoms with van der Waals surface area (Å²) in [7, 11) is -0.289. The smallest absolute Gasteiger partial charge is 0.241 e. The molecule has 260 valence electrons. The molecule has 1 amide bonds. The molecule has 3 heterocycles. The minimum atomic E-state index is -2.00. The van der Waals surface area contributed by atoms with Crippen LogP contribution in [0.1, 0.15) is 55.3 Å². The van der Waals surface area contributed by atoms with E-state index in [0.717, 1.165) is 61.3 Å². The van der Waals surface area contributed by atoms with E-state index in [9.17, 15) is 9.90 Å². The molecule has 9 nitrogen and oxygen atoms in total. The van der Waals surface area contributed by atoms with Crippen molar-refractivity contribution in [3.63, 3.8) is 0 Å². The van der Waals surface area contributed by atoms with E-state index >= 15 is 0 Å². The summed E-state index contributed by atoms with van der Waals surface area (Å²) in [6, 6.07) is 26.8. The minimum absolute atomic E-state index is 0.0212. The van der Waals surface area contributed by atoms with Crippen molar-refractivity contribution in [1.29, 1.82) is 0 Å². The summed E-state index contributed by atoms with van der Waals surface area (Å²) in [5.74, 6) is 1.10. The summed E-state index contributed by atoms with van der Waals surface area (Å²) < 4.78 is 14.4. The van der Waals surface area contributed by atoms with Crippen molar-refractivity contribution in [3.8, 4) is 5.75 Å². The molecule has 0 saturated carbocycles. The number of aromatic nitrogens is 3. The summed E-state index contributed by atoms with van der Waals surface area (Å²) in [6.45, 7) is 8.90. The minimum Gasteiger partial charge on any atom is -0.497 e. The molecule has 2 fully saturated rings. The lowest BCUT2D eigenvalue weighted by Crippen LogP contribution is -2.50. The van der Waals surface area contributed by atoms with Gasteiger partial charge in [0.15, 0.2) is 0 Å². The van der Waals surface area contributed by atoms with E-state index in [1.165, 1.54) is 10.8 Å². The third-order valence-electron chi connectivity index (χ3n) is 10.8. The second-order valence-electron chi connectivity index (χ2n) is 14.3. The molecule has 2 aliphatic heterocycles. The largest absolute Gasteiger partial charge is 0.497 e. The van der Waals surface area contributed by atoms with Crippen LogP contribution in [-0.4, -0.2) is 72.6 Å². The van der Waals surface area contributed by atoms with Crippen molar-refractivity contribution in [3.05, 3.63) is 102 Å². The number of aliphatic hydroxyl groups excluding tert-OH is 1. The van der Waals surface area contributed by atoms with Gasteiger partial charge in [-0.05, 0) is 85.5 Å². The van der Waals surface area contributed by atoms with Crippen molar-refractivity contribution >= 4 is 24.9 Å². The second-order valence-corrected chi connectivity index (χ2v) is 19.0. The van der Waals surface area contributed by atoms with Crippen molar-refractivity contribution in [1.82, 2.24) is 20.3 Å². The Balaban J connectivity index is 1.14. The Labute approximate surface area is 291 Å². The Morgan fingerprint density at radius 1 is 1.06 bits per heavy atom. The average molecular weight is 682 g/mol. The SMILES string of the molecule is COc1ccc([Si](C)(C)[C@@H]2[C@@H](C)[C@@H](CCc3ccc(NC(=O)[C@H]4CCCN4)cc3)O[C@H]2CCn2cc(C(CO)c3ccccc3)nn2)cc1. The summed E-state index contributed by atoms with van der Waals surface area (Å²) in [6.07, 6.45) is 6.80. The third-order valence-corrected chi connectivity index (χ3v) is 15.2. The predicted molar refractivity (Wildman–Crippen MR) is 196 cm³/mol. The predicted octanol–water partition coefficient (Wildman–Crippen LogP) is 5.51. The van der Waals surface area contributed by atoms with Crippen molar-refractivity contribution in [2.24, 2.45) is 5.92 Å². The number of nitrogens with zero attached hydrogens (tertiary/aromatic N) is 3. The summed E-state index contributed by atoms with van der Waals surface area (Å²) >= 11 is 0. The second kappa shape index (κ2) is 15.8. The van der Waals surface area contributed by atoms with Gasteiger partial charge in [-0.1, -0.05) is 85.0 Å². The molecule has 6 atom stereocenters. The van der Waals surface area contributed by atoms with Gasteiger partial charge in [-0.15, -0.1) is 5.10 Å². The Morgan fingerprint density at radius 2 is 1.82 bits per heavy atom. The van der Waals surface area contributed by atoms with Gasteiger partial charge in [-0.3, -0.25) is 9.48 Å². The number of hydrogen-bond donors (Lipinski definition) is 3. The maximum Gasteiger partial charge on any atom is 0.241 e. The highest BCUT2D eigenvalue weighted by atomic mass is 28.3. The molecule has 2 aliphatic rings. The number of carbonyl (C=O) groups excluding carboxylic acids is 1. The van der Waals surface area contributed by atoms with E-state index in [1.807, 2.05) is 53.3 Å². The number of methoxy groups -OCH3 is 1. The zero-order valence-corrected chi connectivity index (χ0v) is 30.2. The Morgan fingerprint density at radius 3 is 2.49 bits per heavy atom. The number of aliphatic hydroxyl groups is 1. The van der Waals surface area contributed by atoms with Crippen LogP contribution >= 0.6 is 0 Å². The highest BCUT2D eigenvalue weighted by Gasteiger charge is 2.50. The molecule has 0 bridgehead atoms. The van der Waals surface area contributed by atoms with Crippen LogP contribution in [0.2, 0.25) is 18.6 Å². The topological polar surface area (TPSA) is 111 Å². The molecular weight excluding hydrogens is 631 g/mol. The number of nitrogens with one attached hydrogen (secondary N) is 2. The first kappa shape index (κ1) is 35.0. The zero-order valence-electron chi connectivity index (χ0n) is 29.2. The molecule has 2 saturated heterocycles. The number of rotatable bonds is 14. The number of ether oxygens (including phenoxy) is 2. The van der Waals surface area contributed by atoms with E-state index < -0.39 is 8.07 Å². The fourth-order valence-electron chi connectivity index (χ4n) is 8.01. The number of anilines is 1. The van der Waals surface area contributed by atoms with E-state index in [4.69, 9.17) is 9.47 Å². The van der Waals surface area contributed by atoms with Crippen molar-refractivity contribution < 1.29 is 19.4 Å². The molecule has 10 heteroatoms. The number of amides is 1. The fourth-order valence-corrected chi connectivity index (χ4v) is 12.1. The van der Waals surface area contributed by atoms with E-state index in [2.05, 4.69) is 77.4 Å². The van der Waals surface area contributed by atoms with Gasteiger partial charge in [-0.2, -0.15) is 0 Å². The van der Waals surface area contributed by atoms with E-state index in [0.29, 0.717) is 18.0 Å². The van der Waals surface area contributed by atoms with Gasteiger partial charge in [0, 0.05) is 18.4 Å². The Hall–Kier alpha value is -3.83. The Kier molecular flexibility index (Phi) is 11.3. The highest BCUT2D eigenvalue weighted by molar-refractivity contribution is 6.91. The molecular formula is C39H51N5O4Si. The van der Waals surface area contributed by atoms with Gasteiger partial charge >= 0.3 is 0 Å². The quantitative estimate of drug-likeness (QED) is 0.151. The lowest BCUT2D eigenvalue weighted by Gasteiger charge is -2.36. The monoisotopic (exact) mass is 681 g/mol. The molecule has 0 spiro atoms. The molecule has 0 radical (unpaired) electrons. The highest BCUT2D eigenvalue weighted by Crippen LogP contribution is 2.46. The van der Waals surface area contributed by atoms with Crippen molar-refractivity contribution in [2.75, 3.05) is 25.6 Å². The number of aryl methyl sites for hydroxylation is 2. The maximum atomic E-state index is 12.5. The average Bonchev–Trinajstić information content (AvgIpc) is 3.89. The molecule has 6 rings (SSSR count). The van der Waals surface area contributed by atoms with Gasteiger partial charge in [0.1, 0.15) is 5.75 Å². The number of hydrogen-bond acceptors (Lipinski definition) is 7. The molecule has 3 N–H and O–H groups in total. The fraction of sp³-hybridized carbons (Fsp3) is 0.462. The van der Waals surface area contributed by atoms with Gasteiger partial charge in [-0.25, -0.2) is 0 Å². The van der Waals surface area contributed by atoms with Crippen LogP contribution in [0.15, 0.2) is 85.1 Å². The number of carbonyl (C=O) groups is 1. The van der Waals surface area contributed by atoms with Crippen LogP contribution in [0.3, 0.4) is 0 Å². The summed E-state index contributed by atoms with van der Waals surface area (Å²) in [5.41, 5.74) is 4.29. The van der Waals surface area contributed by atoms with Gasteiger partial charge < -0.3 is 25.2 Å². The molecule has 49 heavy (non-hydrogen) atoms. The first-order chi connectivity index (χ1) is 23.8. The van der Waals surface area contributed by atoms with Crippen LogP contribution < -0.4 is 20.6 Å². The molecule has 1 aromatic heterocycles. The number of benzene rings is 3. The molecule has 1 unspecified atom stereocenters. The third kappa shape index (κ3) is 8.15. The van der Waals surface area contributed by atoms with Crippen LogP contribution in [0.4, 0.5) is 5.69 Å². The maximum absolute atomic E-state index is 12.5. The van der Waals surface area contributed by atoms with E-state index in [-0.39, 0.29) is 36.7 Å². The summed E-state index contributed by atoms with van der Waals surface area (Å²) in [5, 5.41) is 26.8. The standard InChI is InChI=1S/C39H51N5O4Si/c1-27-36(21-14-28-12-15-30(16-13-28)41-39(46)34-11-8-23-40-34)48-37(38(27)49(3,4)32-19-17-31(47-2)18-20-32)22-24-44-25-35(42-43-44)33(26-45)29-9-6-5-7-10-29/h5-7,9-10,12-13,15-20,25,27,33-34,36-38,40,45H,8,11,14,21-24,26H2,1-4H3,(H,41,46)/t27-,33?,34+,36+,37-,38+/m0/s1. The normalized spacial score (nSPS) is 23.0. The van der Waals surface area contributed by atoms with Crippen LogP contribution in [-0.2, 0) is 22.5 Å². The zero-order chi connectivity index (χ0) is 34.4. The van der Waals surface area contributed by atoms with Crippen LogP contribution in [0.5, 0.6) is 5.75 Å². The van der Waals surface area contributed by atoms with Gasteiger partial charge in [0.25, 0.3) is 0 Å². The lowest BCUT2D eigenvalue weighted by molar-refractivity contribution is -0.117. The molecule has 0 aliphatic carbocycles.